The number of nitrogens with one attached hydrogen (secondary N) is 1. The van der Waals surface area contributed by atoms with E-state index in [9.17, 15) is 9.59 Å². The SMILES string of the molecule is CCOC(=O)c1c(NC(=O)c2ccc(OC)cc2OC)sc(C)c1CC. The topological polar surface area (TPSA) is 73.9 Å². The van der Waals surface area contributed by atoms with E-state index in [4.69, 9.17) is 14.2 Å². The molecule has 1 N–H and O–H groups in total. The van der Waals surface area contributed by atoms with Crippen molar-refractivity contribution in [2.45, 2.75) is 27.2 Å². The maximum absolute atomic E-state index is 12.8. The van der Waals surface area contributed by atoms with Gasteiger partial charge in [0, 0.05) is 10.9 Å². The summed E-state index contributed by atoms with van der Waals surface area (Å²) in [5, 5.41) is 3.32. The van der Waals surface area contributed by atoms with Gasteiger partial charge in [-0.3, -0.25) is 4.79 Å². The molecule has 0 aliphatic rings. The van der Waals surface area contributed by atoms with Gasteiger partial charge >= 0.3 is 5.97 Å². The lowest BCUT2D eigenvalue weighted by Gasteiger charge is -2.11. The molecule has 0 atom stereocenters. The van der Waals surface area contributed by atoms with Gasteiger partial charge in [-0.25, -0.2) is 4.79 Å². The van der Waals surface area contributed by atoms with E-state index in [0.717, 1.165) is 10.4 Å². The van der Waals surface area contributed by atoms with Gasteiger partial charge < -0.3 is 19.5 Å². The molecular weight excluding hydrogens is 354 g/mol. The van der Waals surface area contributed by atoms with Crippen molar-refractivity contribution in [2.75, 3.05) is 26.1 Å². The van der Waals surface area contributed by atoms with Gasteiger partial charge in [0.05, 0.1) is 32.0 Å². The van der Waals surface area contributed by atoms with Crippen LogP contribution in [0.25, 0.3) is 0 Å². The van der Waals surface area contributed by atoms with Gasteiger partial charge in [-0.2, -0.15) is 0 Å². The molecule has 0 fully saturated rings. The number of benzene rings is 1. The van der Waals surface area contributed by atoms with E-state index < -0.39 is 5.97 Å². The standard InChI is InChI=1S/C19H23NO5S/c1-6-13-11(3)26-18(16(13)19(22)25-7-2)20-17(21)14-9-8-12(23-4)10-15(14)24-5/h8-10H,6-7H2,1-5H3,(H,20,21). The zero-order chi connectivity index (χ0) is 19.3. The summed E-state index contributed by atoms with van der Waals surface area (Å²) in [6, 6.07) is 4.94. The molecule has 140 valence electrons. The van der Waals surface area contributed by atoms with E-state index in [1.807, 2.05) is 13.8 Å². The number of amides is 1. The minimum absolute atomic E-state index is 0.274. The Hall–Kier alpha value is -2.54. The molecule has 1 amide bonds. The number of anilines is 1. The summed E-state index contributed by atoms with van der Waals surface area (Å²) >= 11 is 1.37. The van der Waals surface area contributed by atoms with Crippen LogP contribution in [0.2, 0.25) is 0 Å². The molecule has 2 aromatic rings. The molecule has 0 saturated carbocycles. The number of rotatable bonds is 7. The lowest BCUT2D eigenvalue weighted by Crippen LogP contribution is -2.16. The van der Waals surface area contributed by atoms with E-state index in [0.29, 0.717) is 34.0 Å². The number of thiophene rings is 1. The van der Waals surface area contributed by atoms with Crippen LogP contribution in [0.15, 0.2) is 18.2 Å². The fourth-order valence-electron chi connectivity index (χ4n) is 2.67. The highest BCUT2D eigenvalue weighted by Crippen LogP contribution is 2.35. The van der Waals surface area contributed by atoms with Gasteiger partial charge in [0.15, 0.2) is 0 Å². The second kappa shape index (κ2) is 8.71. The first-order chi connectivity index (χ1) is 12.5. The molecule has 1 heterocycles. The Bertz CT molecular complexity index is 813. The minimum Gasteiger partial charge on any atom is -0.497 e. The predicted octanol–water partition coefficient (Wildman–Crippen LogP) is 4.07. The Labute approximate surface area is 157 Å². The minimum atomic E-state index is -0.425. The molecule has 0 bridgehead atoms. The maximum Gasteiger partial charge on any atom is 0.341 e. The molecular formula is C19H23NO5S. The first-order valence-electron chi connectivity index (χ1n) is 8.29. The van der Waals surface area contributed by atoms with Gasteiger partial charge in [0.1, 0.15) is 16.5 Å². The number of aryl methyl sites for hydroxylation is 1. The molecule has 0 saturated heterocycles. The zero-order valence-electron chi connectivity index (χ0n) is 15.6. The van der Waals surface area contributed by atoms with E-state index in [-0.39, 0.29) is 12.5 Å². The van der Waals surface area contributed by atoms with Crippen LogP contribution >= 0.6 is 11.3 Å². The van der Waals surface area contributed by atoms with Crippen LogP contribution in [0.1, 0.15) is 45.0 Å². The number of esters is 1. The average Bonchev–Trinajstić information content (AvgIpc) is 2.96. The molecule has 7 heteroatoms. The number of carbonyl (C=O) groups excluding carboxylic acids is 2. The summed E-state index contributed by atoms with van der Waals surface area (Å²) in [6.07, 6.45) is 0.679. The third kappa shape index (κ3) is 3.99. The van der Waals surface area contributed by atoms with E-state index in [2.05, 4.69) is 5.32 Å². The molecule has 0 spiro atoms. The molecule has 2 rings (SSSR count). The van der Waals surface area contributed by atoms with Crippen LogP contribution in [0.5, 0.6) is 11.5 Å². The Morgan fingerprint density at radius 2 is 1.88 bits per heavy atom. The van der Waals surface area contributed by atoms with Crippen LogP contribution in [-0.4, -0.2) is 32.7 Å². The molecule has 6 nitrogen and oxygen atoms in total. The van der Waals surface area contributed by atoms with Crippen molar-refractivity contribution in [1.82, 2.24) is 0 Å². The molecule has 26 heavy (non-hydrogen) atoms. The molecule has 1 aromatic heterocycles. The van der Waals surface area contributed by atoms with Gasteiger partial charge in [0.2, 0.25) is 0 Å². The highest BCUT2D eigenvalue weighted by molar-refractivity contribution is 7.16. The van der Waals surface area contributed by atoms with Crippen molar-refractivity contribution in [2.24, 2.45) is 0 Å². The lowest BCUT2D eigenvalue weighted by molar-refractivity contribution is 0.0527. The highest BCUT2D eigenvalue weighted by atomic mass is 32.1. The van der Waals surface area contributed by atoms with Crippen molar-refractivity contribution in [3.63, 3.8) is 0 Å². The molecule has 0 radical (unpaired) electrons. The lowest BCUT2D eigenvalue weighted by atomic mass is 10.1. The normalized spacial score (nSPS) is 10.3. The largest absolute Gasteiger partial charge is 0.497 e. The van der Waals surface area contributed by atoms with Gasteiger partial charge in [-0.15, -0.1) is 11.3 Å². The summed E-state index contributed by atoms with van der Waals surface area (Å²) in [6.45, 7) is 5.92. The third-order valence-electron chi connectivity index (χ3n) is 3.92. The summed E-state index contributed by atoms with van der Waals surface area (Å²) in [7, 11) is 3.03. The van der Waals surface area contributed by atoms with Crippen molar-refractivity contribution in [3.8, 4) is 11.5 Å². The molecule has 0 aliphatic heterocycles. The smallest absolute Gasteiger partial charge is 0.341 e. The molecule has 0 aliphatic carbocycles. The van der Waals surface area contributed by atoms with Crippen LogP contribution in [0, 0.1) is 6.92 Å². The van der Waals surface area contributed by atoms with Gasteiger partial charge in [-0.1, -0.05) is 6.92 Å². The first-order valence-corrected chi connectivity index (χ1v) is 9.11. The number of methoxy groups -OCH3 is 2. The summed E-state index contributed by atoms with van der Waals surface area (Å²) in [5.41, 5.74) is 1.68. The fourth-order valence-corrected chi connectivity index (χ4v) is 3.80. The first kappa shape index (κ1) is 19.8. The van der Waals surface area contributed by atoms with Crippen LogP contribution < -0.4 is 14.8 Å². The van der Waals surface area contributed by atoms with Gasteiger partial charge in [0.25, 0.3) is 5.91 Å². The summed E-state index contributed by atoms with van der Waals surface area (Å²) in [4.78, 5) is 26.1. The Morgan fingerprint density at radius 3 is 2.46 bits per heavy atom. The predicted molar refractivity (Wildman–Crippen MR) is 102 cm³/mol. The van der Waals surface area contributed by atoms with Crippen LogP contribution in [0.4, 0.5) is 5.00 Å². The van der Waals surface area contributed by atoms with E-state index in [1.165, 1.54) is 18.4 Å². The van der Waals surface area contributed by atoms with Crippen molar-refractivity contribution in [3.05, 3.63) is 39.8 Å². The molecule has 0 unspecified atom stereocenters. The Kier molecular flexibility index (Phi) is 6.63. The number of hydrogen-bond acceptors (Lipinski definition) is 6. The quantitative estimate of drug-likeness (QED) is 0.737. The Morgan fingerprint density at radius 1 is 1.15 bits per heavy atom. The van der Waals surface area contributed by atoms with Crippen LogP contribution in [-0.2, 0) is 11.2 Å². The average molecular weight is 377 g/mol. The summed E-state index contributed by atoms with van der Waals surface area (Å²) in [5.74, 6) is 0.194. The molecule has 1 aromatic carbocycles. The second-order valence-corrected chi connectivity index (χ2v) is 6.66. The van der Waals surface area contributed by atoms with Gasteiger partial charge in [-0.05, 0) is 38.0 Å². The monoisotopic (exact) mass is 377 g/mol. The second-order valence-electron chi connectivity index (χ2n) is 5.44. The maximum atomic E-state index is 12.8. The summed E-state index contributed by atoms with van der Waals surface area (Å²) < 4.78 is 15.6. The number of ether oxygens (including phenoxy) is 3. The van der Waals surface area contributed by atoms with Crippen molar-refractivity contribution in [1.29, 1.82) is 0 Å². The Balaban J connectivity index is 2.39. The van der Waals surface area contributed by atoms with Crippen molar-refractivity contribution >= 4 is 28.2 Å². The van der Waals surface area contributed by atoms with Crippen molar-refractivity contribution < 1.29 is 23.8 Å². The third-order valence-corrected chi connectivity index (χ3v) is 4.99. The van der Waals surface area contributed by atoms with E-state index in [1.54, 1.807) is 32.2 Å². The fraction of sp³-hybridized carbons (Fsp3) is 0.368. The van der Waals surface area contributed by atoms with E-state index >= 15 is 0 Å². The highest BCUT2D eigenvalue weighted by Gasteiger charge is 2.24. The van der Waals surface area contributed by atoms with Crippen LogP contribution in [0.3, 0.4) is 0 Å². The number of carbonyl (C=O) groups is 2. The number of hydrogen-bond donors (Lipinski definition) is 1. The zero-order valence-corrected chi connectivity index (χ0v) is 16.4.